The second-order valence-corrected chi connectivity index (χ2v) is 9.08. The first kappa shape index (κ1) is 19.2. The zero-order chi connectivity index (χ0) is 19.8. The first-order chi connectivity index (χ1) is 12.8. The van der Waals surface area contributed by atoms with Crippen molar-refractivity contribution in [1.29, 1.82) is 0 Å². The molecule has 0 saturated carbocycles. The second kappa shape index (κ2) is 7.19. The predicted octanol–water partition coefficient (Wildman–Crippen LogP) is 3.88. The molecule has 0 aliphatic rings. The number of H-pyrrole nitrogens is 1. The van der Waals surface area contributed by atoms with Gasteiger partial charge >= 0.3 is 5.69 Å². The number of aromatic nitrogens is 2. The number of aromatic amines is 1. The van der Waals surface area contributed by atoms with Gasteiger partial charge in [-0.15, -0.1) is 0 Å². The molecule has 0 aliphatic heterocycles. The normalized spacial score (nSPS) is 12.9. The summed E-state index contributed by atoms with van der Waals surface area (Å²) in [4.78, 5) is 15.7. The zero-order valence-corrected chi connectivity index (χ0v) is 16.8. The molecule has 1 atom stereocenters. The van der Waals surface area contributed by atoms with E-state index in [0.717, 1.165) is 16.8 Å². The van der Waals surface area contributed by atoms with E-state index < -0.39 is 15.1 Å². The molecule has 1 N–H and O–H groups in total. The average Bonchev–Trinajstić information content (AvgIpc) is 2.98. The average molecular weight is 385 g/mol. The monoisotopic (exact) mass is 384 g/mol. The van der Waals surface area contributed by atoms with Crippen LogP contribution in [0.4, 0.5) is 0 Å². The minimum absolute atomic E-state index is 0.256. The largest absolute Gasteiger partial charge is 0.330 e. The van der Waals surface area contributed by atoms with Crippen LogP contribution in [0.1, 0.15) is 41.6 Å². The number of benzene rings is 2. The molecule has 0 spiro atoms. The maximum atomic E-state index is 13.1. The van der Waals surface area contributed by atoms with E-state index in [4.69, 9.17) is 0 Å². The van der Waals surface area contributed by atoms with E-state index in [2.05, 4.69) is 4.98 Å². The van der Waals surface area contributed by atoms with Gasteiger partial charge in [0.25, 0.3) is 0 Å². The number of hydrogen-bond acceptors (Lipinski definition) is 3. The van der Waals surface area contributed by atoms with Crippen LogP contribution in [0.5, 0.6) is 0 Å². The molecule has 1 aromatic heterocycles. The van der Waals surface area contributed by atoms with Crippen LogP contribution in [-0.2, 0) is 16.3 Å². The Bertz CT molecular complexity index is 1110. The van der Waals surface area contributed by atoms with Crippen LogP contribution in [0.25, 0.3) is 5.69 Å². The highest BCUT2D eigenvalue weighted by molar-refractivity contribution is 7.91. The third-order valence-electron chi connectivity index (χ3n) is 4.87. The van der Waals surface area contributed by atoms with Gasteiger partial charge < -0.3 is 4.98 Å². The Morgan fingerprint density at radius 1 is 0.963 bits per heavy atom. The number of rotatable bonds is 5. The number of imidazole rings is 1. The van der Waals surface area contributed by atoms with Gasteiger partial charge in [-0.2, -0.15) is 0 Å². The molecule has 27 heavy (non-hydrogen) atoms. The van der Waals surface area contributed by atoms with Gasteiger partial charge in [0.2, 0.25) is 0 Å². The van der Waals surface area contributed by atoms with Crippen LogP contribution in [0.3, 0.4) is 0 Å². The topological polar surface area (TPSA) is 71.9 Å². The molecule has 0 radical (unpaired) electrons. The highest BCUT2D eigenvalue weighted by Gasteiger charge is 2.30. The summed E-state index contributed by atoms with van der Waals surface area (Å²) in [5.41, 5.74) is 3.63. The van der Waals surface area contributed by atoms with Crippen molar-refractivity contribution in [1.82, 2.24) is 9.55 Å². The molecular weight excluding hydrogens is 360 g/mol. The lowest BCUT2D eigenvalue weighted by Gasteiger charge is -2.15. The van der Waals surface area contributed by atoms with Gasteiger partial charge in [-0.05, 0) is 51.5 Å². The Morgan fingerprint density at radius 3 is 2.00 bits per heavy atom. The van der Waals surface area contributed by atoms with Gasteiger partial charge in [0.05, 0.1) is 16.3 Å². The standard InChI is InChI=1S/C21H24N2O3S/c1-5-19-20(16(4)27(25,26)18-12-8-15(3)9-13-18)22-21(24)23(19)17-10-6-14(2)7-11-17/h6-13,16H,5H2,1-4H3,(H,22,24)/t16-/m0/s1. The Hall–Kier alpha value is -2.60. The first-order valence-corrected chi connectivity index (χ1v) is 10.5. The molecular formula is C21H24N2O3S. The van der Waals surface area contributed by atoms with Crippen molar-refractivity contribution in [2.45, 2.75) is 44.3 Å². The number of aryl methyl sites for hydroxylation is 2. The molecule has 0 bridgehead atoms. The lowest BCUT2D eigenvalue weighted by molar-refractivity contribution is 0.584. The van der Waals surface area contributed by atoms with E-state index in [9.17, 15) is 13.2 Å². The van der Waals surface area contributed by atoms with Gasteiger partial charge in [-0.1, -0.05) is 42.3 Å². The van der Waals surface area contributed by atoms with Crippen LogP contribution in [-0.4, -0.2) is 18.0 Å². The maximum Gasteiger partial charge on any atom is 0.330 e. The van der Waals surface area contributed by atoms with Gasteiger partial charge in [0, 0.05) is 5.69 Å². The van der Waals surface area contributed by atoms with E-state index in [1.165, 1.54) is 0 Å². The van der Waals surface area contributed by atoms with E-state index >= 15 is 0 Å². The summed E-state index contributed by atoms with van der Waals surface area (Å²) in [6, 6.07) is 14.4. The van der Waals surface area contributed by atoms with Gasteiger partial charge in [0.15, 0.2) is 9.84 Å². The summed E-state index contributed by atoms with van der Waals surface area (Å²) in [5, 5.41) is -0.852. The summed E-state index contributed by atoms with van der Waals surface area (Å²) in [5.74, 6) is 0. The summed E-state index contributed by atoms with van der Waals surface area (Å²) in [6.07, 6.45) is 0.537. The fourth-order valence-electron chi connectivity index (χ4n) is 3.23. The molecule has 5 nitrogen and oxygen atoms in total. The summed E-state index contributed by atoms with van der Waals surface area (Å²) >= 11 is 0. The van der Waals surface area contributed by atoms with Crippen LogP contribution in [0.15, 0.2) is 58.2 Å². The zero-order valence-electron chi connectivity index (χ0n) is 16.0. The highest BCUT2D eigenvalue weighted by atomic mass is 32.2. The molecule has 0 saturated heterocycles. The summed E-state index contributed by atoms with van der Waals surface area (Å²) < 4.78 is 27.7. The van der Waals surface area contributed by atoms with Crippen LogP contribution >= 0.6 is 0 Å². The summed E-state index contributed by atoms with van der Waals surface area (Å²) in [6.45, 7) is 7.43. The van der Waals surface area contributed by atoms with Crippen molar-refractivity contribution in [3.8, 4) is 5.69 Å². The Balaban J connectivity index is 2.12. The molecule has 0 unspecified atom stereocenters. The predicted molar refractivity (Wildman–Crippen MR) is 107 cm³/mol. The number of nitrogens with zero attached hydrogens (tertiary/aromatic N) is 1. The third kappa shape index (κ3) is 3.49. The Kier molecular flexibility index (Phi) is 5.11. The molecule has 3 aromatic rings. The van der Waals surface area contributed by atoms with E-state index in [-0.39, 0.29) is 10.6 Å². The van der Waals surface area contributed by atoms with Crippen molar-refractivity contribution >= 4 is 9.84 Å². The lowest BCUT2D eigenvalue weighted by atomic mass is 10.2. The number of hydrogen-bond donors (Lipinski definition) is 1. The smallest absolute Gasteiger partial charge is 0.308 e. The minimum Gasteiger partial charge on any atom is -0.308 e. The van der Waals surface area contributed by atoms with Crippen molar-refractivity contribution in [2.24, 2.45) is 0 Å². The Morgan fingerprint density at radius 2 is 1.48 bits per heavy atom. The number of nitrogens with one attached hydrogen (secondary N) is 1. The molecule has 0 fully saturated rings. The summed E-state index contributed by atoms with van der Waals surface area (Å²) in [7, 11) is -3.62. The molecule has 3 rings (SSSR count). The first-order valence-electron chi connectivity index (χ1n) is 8.97. The van der Waals surface area contributed by atoms with Gasteiger partial charge in [0.1, 0.15) is 5.25 Å². The molecule has 1 heterocycles. The molecule has 142 valence electrons. The highest BCUT2D eigenvalue weighted by Crippen LogP contribution is 2.30. The second-order valence-electron chi connectivity index (χ2n) is 6.82. The molecule has 6 heteroatoms. The van der Waals surface area contributed by atoms with Crippen molar-refractivity contribution < 1.29 is 8.42 Å². The third-order valence-corrected chi connectivity index (χ3v) is 6.97. The minimum atomic E-state index is -3.62. The SMILES string of the molecule is CCc1c([C@H](C)S(=O)(=O)c2ccc(C)cc2)[nH]c(=O)n1-c1ccc(C)cc1. The van der Waals surface area contributed by atoms with E-state index in [1.54, 1.807) is 35.8 Å². The number of sulfone groups is 1. The van der Waals surface area contributed by atoms with Crippen molar-refractivity contribution in [2.75, 3.05) is 0 Å². The quantitative estimate of drug-likeness (QED) is 0.726. The van der Waals surface area contributed by atoms with Crippen LogP contribution in [0.2, 0.25) is 0 Å². The van der Waals surface area contributed by atoms with Crippen molar-refractivity contribution in [3.05, 3.63) is 81.5 Å². The van der Waals surface area contributed by atoms with Crippen molar-refractivity contribution in [3.63, 3.8) is 0 Å². The van der Waals surface area contributed by atoms with E-state index in [1.807, 2.05) is 45.0 Å². The molecule has 0 aliphatic carbocycles. The van der Waals surface area contributed by atoms with Gasteiger partial charge in [-0.25, -0.2) is 13.2 Å². The molecule has 2 aromatic carbocycles. The lowest BCUT2D eigenvalue weighted by Crippen LogP contribution is -2.16. The van der Waals surface area contributed by atoms with E-state index in [0.29, 0.717) is 17.8 Å². The Labute approximate surface area is 159 Å². The van der Waals surface area contributed by atoms with Gasteiger partial charge in [-0.3, -0.25) is 4.57 Å². The fourth-order valence-corrected chi connectivity index (χ4v) is 4.65. The fraction of sp³-hybridized carbons (Fsp3) is 0.286. The van der Waals surface area contributed by atoms with Crippen LogP contribution < -0.4 is 5.69 Å². The van der Waals surface area contributed by atoms with Crippen LogP contribution in [0, 0.1) is 13.8 Å². The molecule has 0 amide bonds. The maximum absolute atomic E-state index is 13.1.